The van der Waals surface area contributed by atoms with Crippen LogP contribution in [0.4, 0.5) is 0 Å². The van der Waals surface area contributed by atoms with Gasteiger partial charge in [0.15, 0.2) is 34.7 Å². The van der Waals surface area contributed by atoms with Gasteiger partial charge in [-0.1, -0.05) is 33.8 Å². The van der Waals surface area contributed by atoms with Gasteiger partial charge in [0.05, 0.1) is 29.5 Å². The van der Waals surface area contributed by atoms with Gasteiger partial charge < -0.3 is 21.1 Å². The molecule has 0 spiro atoms. The van der Waals surface area contributed by atoms with Gasteiger partial charge in [0.2, 0.25) is 5.91 Å². The van der Waals surface area contributed by atoms with Crippen molar-refractivity contribution in [1.82, 2.24) is 4.90 Å². The first-order chi connectivity index (χ1) is 16.9. The number of hydrogen-bond acceptors (Lipinski definition) is 9. The zero-order chi connectivity index (χ0) is 28.1. The molecule has 10 heteroatoms. The van der Waals surface area contributed by atoms with E-state index in [2.05, 4.69) is 0 Å². The second-order valence-corrected chi connectivity index (χ2v) is 12.0. The minimum absolute atomic E-state index is 0.0729. The lowest BCUT2D eigenvalue weighted by molar-refractivity contribution is -0.196. The van der Waals surface area contributed by atoms with Crippen molar-refractivity contribution in [3.8, 4) is 5.75 Å². The maximum atomic E-state index is 14.0. The summed E-state index contributed by atoms with van der Waals surface area (Å²) in [6.45, 7) is 9.06. The number of aliphatic hydroxyl groups excluding tert-OH is 1. The maximum absolute atomic E-state index is 14.0. The number of primary amides is 1. The number of benzene rings is 1. The fourth-order valence-electron chi connectivity index (χ4n) is 6.96. The van der Waals surface area contributed by atoms with Gasteiger partial charge in [-0.3, -0.25) is 28.9 Å². The summed E-state index contributed by atoms with van der Waals surface area (Å²) >= 11 is 0. The Hall–Kier alpha value is -2.95. The Labute approximate surface area is 214 Å². The number of fused-ring (bicyclic) bond motifs is 3. The number of aromatic hydroxyl groups is 1. The van der Waals surface area contributed by atoms with Gasteiger partial charge in [-0.2, -0.15) is 0 Å². The average molecular weight is 515 g/mol. The number of likely N-dealkylation sites (N-methyl/N-ethyl adjacent to an activating group) is 1. The van der Waals surface area contributed by atoms with Gasteiger partial charge in [0, 0.05) is 11.5 Å². The molecule has 0 radical (unpaired) electrons. The molecule has 3 aliphatic rings. The summed E-state index contributed by atoms with van der Waals surface area (Å²) < 4.78 is 0. The topological polar surface area (TPSA) is 175 Å². The Balaban J connectivity index is 2.00. The van der Waals surface area contributed by atoms with Gasteiger partial charge in [-0.25, -0.2) is 0 Å². The molecule has 8 atom stereocenters. The second-order valence-electron chi connectivity index (χ2n) is 12.0. The SMILES string of the molecule is Cc1cc(C(C)(C)C)c(O)c2c1[C@H](C)[C@@H]1C(C2=O)C(=O)[C@]2(O)C(=O)C(C(N)=O)C(=O)C(N(C)C)[C@@H]2[C@H]1O. The van der Waals surface area contributed by atoms with Crippen molar-refractivity contribution in [2.75, 3.05) is 14.1 Å². The van der Waals surface area contributed by atoms with Crippen LogP contribution in [0.2, 0.25) is 0 Å². The highest BCUT2D eigenvalue weighted by Gasteiger charge is 2.73. The molecule has 4 rings (SSSR count). The Morgan fingerprint density at radius 2 is 1.68 bits per heavy atom. The summed E-state index contributed by atoms with van der Waals surface area (Å²) in [6, 6.07) is 0.390. The molecule has 1 amide bonds. The van der Waals surface area contributed by atoms with E-state index in [1.807, 2.05) is 20.8 Å². The van der Waals surface area contributed by atoms with Crippen molar-refractivity contribution in [2.24, 2.45) is 29.4 Å². The quantitative estimate of drug-likeness (QED) is 0.396. The fraction of sp³-hybridized carbons (Fsp3) is 0.593. The smallest absolute Gasteiger partial charge is 0.235 e. The molecule has 5 N–H and O–H groups in total. The predicted octanol–water partition coefficient (Wildman–Crippen LogP) is 0.00472. The molecule has 0 aromatic heterocycles. The number of ketones is 4. The van der Waals surface area contributed by atoms with E-state index in [4.69, 9.17) is 5.73 Å². The summed E-state index contributed by atoms with van der Waals surface area (Å²) in [5.74, 6) is -13.1. The molecule has 0 bridgehead atoms. The lowest BCUT2D eigenvalue weighted by atomic mass is 9.49. The number of rotatable bonds is 2. The number of nitrogens with zero attached hydrogens (tertiary/aromatic N) is 1. The predicted molar refractivity (Wildman–Crippen MR) is 131 cm³/mol. The number of amides is 1. The van der Waals surface area contributed by atoms with Gasteiger partial charge in [-0.15, -0.1) is 0 Å². The van der Waals surface area contributed by atoms with Crippen molar-refractivity contribution in [2.45, 2.75) is 63.7 Å². The molecule has 0 saturated heterocycles. The third kappa shape index (κ3) is 3.38. The van der Waals surface area contributed by atoms with Crippen LogP contribution < -0.4 is 5.73 Å². The minimum Gasteiger partial charge on any atom is -0.507 e. The highest BCUT2D eigenvalue weighted by atomic mass is 16.3. The van der Waals surface area contributed by atoms with E-state index in [0.29, 0.717) is 16.7 Å². The van der Waals surface area contributed by atoms with Crippen molar-refractivity contribution in [3.63, 3.8) is 0 Å². The molecular formula is C27H34N2O8. The number of hydrogen-bond donors (Lipinski definition) is 4. The van der Waals surface area contributed by atoms with Crippen LogP contribution in [0.25, 0.3) is 0 Å². The molecule has 0 heterocycles. The van der Waals surface area contributed by atoms with Crippen molar-refractivity contribution < 1.29 is 39.3 Å². The average Bonchev–Trinajstić information content (AvgIpc) is 2.76. The first-order valence-electron chi connectivity index (χ1n) is 12.3. The number of nitrogens with two attached hydrogens (primary N) is 1. The molecule has 1 aromatic carbocycles. The lowest BCUT2D eigenvalue weighted by Gasteiger charge is -2.56. The van der Waals surface area contributed by atoms with Gasteiger partial charge in [0.25, 0.3) is 0 Å². The lowest BCUT2D eigenvalue weighted by Crippen LogP contribution is -2.77. The summed E-state index contributed by atoms with van der Waals surface area (Å²) in [4.78, 5) is 68.0. The van der Waals surface area contributed by atoms with E-state index in [-0.39, 0.29) is 11.3 Å². The van der Waals surface area contributed by atoms with Crippen LogP contribution >= 0.6 is 0 Å². The van der Waals surface area contributed by atoms with Crippen molar-refractivity contribution in [1.29, 1.82) is 0 Å². The van der Waals surface area contributed by atoms with Gasteiger partial charge >= 0.3 is 0 Å². The highest BCUT2D eigenvalue weighted by Crippen LogP contribution is 2.55. The van der Waals surface area contributed by atoms with Crippen LogP contribution in [0.5, 0.6) is 5.75 Å². The van der Waals surface area contributed by atoms with E-state index < -0.39 is 81.8 Å². The van der Waals surface area contributed by atoms with Crippen molar-refractivity contribution >= 4 is 29.0 Å². The summed E-state index contributed by atoms with van der Waals surface area (Å²) in [5, 5.41) is 34.5. The van der Waals surface area contributed by atoms with Crippen LogP contribution in [-0.4, -0.2) is 81.1 Å². The third-order valence-corrected chi connectivity index (χ3v) is 8.60. The van der Waals surface area contributed by atoms with Gasteiger partial charge in [-0.05, 0) is 43.5 Å². The second kappa shape index (κ2) is 8.28. The standard InChI is InChI=1S/C27H34N2O8/c1-9-8-11(26(3,4)5)19(30)14-12(9)10(2)13-15(20(14)31)23(34)27(37)17(21(13)32)18(29(6)7)22(33)16(24(27)35)25(28)36/h8,10,13,15-18,21,30,32,37H,1-7H3,(H2,28,36)/t10-,13+,15?,16?,17+,18?,21-,27-/m0/s1. The zero-order valence-corrected chi connectivity index (χ0v) is 22.0. The van der Waals surface area contributed by atoms with Crippen LogP contribution in [0.15, 0.2) is 6.07 Å². The Morgan fingerprint density at radius 1 is 1.11 bits per heavy atom. The number of aliphatic hydroxyl groups is 2. The molecule has 0 aliphatic heterocycles. The fourth-order valence-corrected chi connectivity index (χ4v) is 6.96. The van der Waals surface area contributed by atoms with Crippen LogP contribution in [0.1, 0.15) is 60.7 Å². The summed E-state index contributed by atoms with van der Waals surface area (Å²) in [5.41, 5.74) is 3.36. The molecule has 3 unspecified atom stereocenters. The largest absolute Gasteiger partial charge is 0.507 e. The molecule has 200 valence electrons. The number of Topliss-reactive ketones (excluding diaryl/α,β-unsaturated/α-hetero) is 4. The van der Waals surface area contributed by atoms with E-state index in [0.717, 1.165) is 0 Å². The molecule has 1 aromatic rings. The number of phenolic OH excluding ortho intramolecular Hbond substituents is 1. The molecule has 37 heavy (non-hydrogen) atoms. The van der Waals surface area contributed by atoms with E-state index in [1.54, 1.807) is 19.9 Å². The molecule has 2 fully saturated rings. The van der Waals surface area contributed by atoms with E-state index >= 15 is 0 Å². The Kier molecular flexibility index (Phi) is 6.06. The first-order valence-corrected chi connectivity index (χ1v) is 12.3. The first kappa shape index (κ1) is 27.1. The normalized spacial score (nSPS) is 35.8. The van der Waals surface area contributed by atoms with E-state index in [9.17, 15) is 39.3 Å². The van der Waals surface area contributed by atoms with E-state index in [1.165, 1.54) is 19.0 Å². The maximum Gasteiger partial charge on any atom is 0.235 e. The van der Waals surface area contributed by atoms with Gasteiger partial charge in [0.1, 0.15) is 5.75 Å². The Bertz CT molecular complexity index is 1260. The zero-order valence-electron chi connectivity index (χ0n) is 22.0. The molecule has 3 aliphatic carbocycles. The monoisotopic (exact) mass is 514 g/mol. The molecule has 2 saturated carbocycles. The number of phenols is 1. The third-order valence-electron chi connectivity index (χ3n) is 8.60. The summed E-state index contributed by atoms with van der Waals surface area (Å²) in [7, 11) is 2.92. The number of carbonyl (C=O) groups is 5. The highest BCUT2D eigenvalue weighted by molar-refractivity contribution is 6.32. The number of carbonyl (C=O) groups excluding carboxylic acids is 5. The van der Waals surface area contributed by atoms with Crippen LogP contribution in [-0.2, 0) is 24.6 Å². The Morgan fingerprint density at radius 3 is 2.16 bits per heavy atom. The van der Waals surface area contributed by atoms with Crippen LogP contribution in [0.3, 0.4) is 0 Å². The van der Waals surface area contributed by atoms with Crippen molar-refractivity contribution in [3.05, 3.63) is 28.3 Å². The summed E-state index contributed by atoms with van der Waals surface area (Å²) in [6.07, 6.45) is -1.64. The molecular weight excluding hydrogens is 480 g/mol. The number of aryl methyl sites for hydroxylation is 1. The minimum atomic E-state index is -3.00. The van der Waals surface area contributed by atoms with Crippen LogP contribution in [0, 0.1) is 30.6 Å². The molecule has 10 nitrogen and oxygen atoms in total.